The Bertz CT molecular complexity index is 533. The molecule has 0 saturated carbocycles. The molecule has 0 bridgehead atoms. The Kier molecular flexibility index (Phi) is 2.87. The fraction of sp³-hybridized carbons (Fsp3) is 0.100. The van der Waals surface area contributed by atoms with E-state index in [0.717, 1.165) is 10.1 Å². The summed E-state index contributed by atoms with van der Waals surface area (Å²) in [6.07, 6.45) is 0. The largest absolute Gasteiger partial charge is 0.495 e. The van der Waals surface area contributed by atoms with Crippen LogP contribution < -0.4 is 4.74 Å². The molecule has 0 amide bonds. The average Bonchev–Trinajstić information content (AvgIpc) is 2.62. The van der Waals surface area contributed by atoms with Crippen LogP contribution in [0.2, 0.25) is 5.02 Å². The van der Waals surface area contributed by atoms with Gasteiger partial charge in [-0.25, -0.2) is 0 Å². The number of ether oxygens (including phenoxy) is 1. The Balaban J connectivity index is 2.84. The van der Waals surface area contributed by atoms with E-state index in [0.29, 0.717) is 16.3 Å². The molecule has 0 fully saturated rings. The molecule has 0 aliphatic carbocycles. The van der Waals surface area contributed by atoms with Crippen LogP contribution in [-0.4, -0.2) is 12.4 Å². The van der Waals surface area contributed by atoms with Gasteiger partial charge in [-0.3, -0.25) is 4.79 Å². The number of thiophene rings is 1. The molecule has 15 heavy (non-hydrogen) atoms. The number of hydrogen-bond acceptors (Lipinski definition) is 3. The van der Waals surface area contributed by atoms with Crippen LogP contribution in [0.1, 0.15) is 10.4 Å². The van der Waals surface area contributed by atoms with Crippen molar-refractivity contribution in [2.24, 2.45) is 0 Å². The molecule has 0 radical (unpaired) electrons. The molecule has 0 saturated heterocycles. The van der Waals surface area contributed by atoms with E-state index >= 15 is 0 Å². The van der Waals surface area contributed by atoms with E-state index in [1.165, 1.54) is 11.3 Å². The zero-order valence-corrected chi connectivity index (χ0v) is 10.0. The second-order valence-electron chi connectivity index (χ2n) is 2.88. The monoisotopic (exact) mass is 260 g/mol. The van der Waals surface area contributed by atoms with E-state index in [2.05, 4.69) is 0 Å². The smallest absolute Gasteiger partial charge is 0.253 e. The number of methoxy groups -OCH3 is 1. The van der Waals surface area contributed by atoms with Gasteiger partial charge in [0.15, 0.2) is 0 Å². The Morgan fingerprint density at radius 2 is 2.20 bits per heavy atom. The zero-order valence-electron chi connectivity index (χ0n) is 7.71. The van der Waals surface area contributed by atoms with Crippen molar-refractivity contribution in [2.45, 2.75) is 0 Å². The van der Waals surface area contributed by atoms with Crippen molar-refractivity contribution < 1.29 is 9.53 Å². The van der Waals surface area contributed by atoms with Gasteiger partial charge in [0, 0.05) is 5.38 Å². The lowest BCUT2D eigenvalue weighted by Gasteiger charge is -2.01. The second kappa shape index (κ2) is 4.00. The first kappa shape index (κ1) is 10.7. The molecule has 2 nitrogen and oxygen atoms in total. The molecule has 1 aromatic heterocycles. The van der Waals surface area contributed by atoms with Crippen molar-refractivity contribution in [1.29, 1.82) is 0 Å². The average molecular weight is 261 g/mol. The van der Waals surface area contributed by atoms with Gasteiger partial charge in [-0.15, -0.1) is 11.3 Å². The first-order valence-electron chi connectivity index (χ1n) is 4.08. The lowest BCUT2D eigenvalue weighted by Crippen LogP contribution is -1.89. The fourth-order valence-electron chi connectivity index (χ4n) is 1.39. The predicted octanol–water partition coefficient (Wildman–Crippen LogP) is 3.94. The van der Waals surface area contributed by atoms with E-state index in [9.17, 15) is 4.79 Å². The standard InChI is InChI=1S/C10H6Cl2O2S/c1-14-7-4-15-9-5(10(12)13)2-3-6(11)8(7)9/h2-4H,1H3. The normalized spacial score (nSPS) is 10.6. The van der Waals surface area contributed by atoms with Crippen LogP contribution >= 0.6 is 34.5 Å². The van der Waals surface area contributed by atoms with E-state index in [1.54, 1.807) is 24.6 Å². The highest BCUT2D eigenvalue weighted by Gasteiger charge is 2.15. The maximum atomic E-state index is 11.2. The second-order valence-corrected chi connectivity index (χ2v) is 4.51. The highest BCUT2D eigenvalue weighted by molar-refractivity contribution is 7.18. The highest BCUT2D eigenvalue weighted by Crippen LogP contribution is 2.39. The van der Waals surface area contributed by atoms with Crippen LogP contribution in [0.5, 0.6) is 5.75 Å². The molecule has 2 rings (SSSR count). The van der Waals surface area contributed by atoms with Gasteiger partial charge in [0.2, 0.25) is 0 Å². The third-order valence-electron chi connectivity index (χ3n) is 2.07. The summed E-state index contributed by atoms with van der Waals surface area (Å²) >= 11 is 12.9. The Morgan fingerprint density at radius 1 is 1.47 bits per heavy atom. The third-order valence-corrected chi connectivity index (χ3v) is 3.58. The molecule has 0 atom stereocenters. The molecule has 2 aromatic rings. The minimum Gasteiger partial charge on any atom is -0.495 e. The van der Waals surface area contributed by atoms with Crippen molar-refractivity contribution in [3.8, 4) is 5.75 Å². The molecule has 0 aliphatic heterocycles. The predicted molar refractivity (Wildman–Crippen MR) is 63.6 cm³/mol. The molecule has 1 aromatic carbocycles. The zero-order chi connectivity index (χ0) is 11.0. The van der Waals surface area contributed by atoms with Crippen LogP contribution in [0.3, 0.4) is 0 Å². The fourth-order valence-corrected chi connectivity index (χ4v) is 2.96. The molecule has 1 heterocycles. The van der Waals surface area contributed by atoms with Crippen molar-refractivity contribution in [1.82, 2.24) is 0 Å². The molecule has 5 heteroatoms. The van der Waals surface area contributed by atoms with Crippen LogP contribution in [0.4, 0.5) is 0 Å². The summed E-state index contributed by atoms with van der Waals surface area (Å²) in [5, 5.41) is 2.63. The molecule has 0 spiro atoms. The summed E-state index contributed by atoms with van der Waals surface area (Å²) in [6.45, 7) is 0. The van der Waals surface area contributed by atoms with E-state index in [1.807, 2.05) is 0 Å². The van der Waals surface area contributed by atoms with Crippen molar-refractivity contribution >= 4 is 49.9 Å². The van der Waals surface area contributed by atoms with Crippen LogP contribution in [-0.2, 0) is 0 Å². The molecule has 78 valence electrons. The summed E-state index contributed by atoms with van der Waals surface area (Å²) in [5.74, 6) is 0.666. The number of benzene rings is 1. The van der Waals surface area contributed by atoms with Gasteiger partial charge in [-0.05, 0) is 23.7 Å². The summed E-state index contributed by atoms with van der Waals surface area (Å²) in [7, 11) is 1.56. The van der Waals surface area contributed by atoms with Gasteiger partial charge in [0.25, 0.3) is 5.24 Å². The summed E-state index contributed by atoms with van der Waals surface area (Å²) in [6, 6.07) is 3.27. The van der Waals surface area contributed by atoms with Crippen LogP contribution in [0, 0.1) is 0 Å². The quantitative estimate of drug-likeness (QED) is 0.765. The third kappa shape index (κ3) is 1.71. The number of fused-ring (bicyclic) bond motifs is 1. The van der Waals surface area contributed by atoms with Crippen molar-refractivity contribution in [3.63, 3.8) is 0 Å². The molecular weight excluding hydrogens is 255 g/mol. The number of halogens is 2. The number of carbonyl (C=O) groups excluding carboxylic acids is 1. The number of hydrogen-bond donors (Lipinski definition) is 0. The SMILES string of the molecule is COc1csc2c(C(=O)Cl)ccc(Cl)c12. The summed E-state index contributed by atoms with van der Waals surface area (Å²) in [5.41, 5.74) is 0.462. The van der Waals surface area contributed by atoms with Crippen LogP contribution in [0.15, 0.2) is 17.5 Å². The molecule has 0 N–H and O–H groups in total. The summed E-state index contributed by atoms with van der Waals surface area (Å²) in [4.78, 5) is 11.2. The first-order valence-corrected chi connectivity index (χ1v) is 5.72. The van der Waals surface area contributed by atoms with Gasteiger partial charge < -0.3 is 4.74 Å². The maximum absolute atomic E-state index is 11.2. The minimum absolute atomic E-state index is 0.462. The first-order chi connectivity index (χ1) is 7.15. The minimum atomic E-state index is -0.485. The maximum Gasteiger partial charge on any atom is 0.253 e. The Hall–Kier alpha value is -0.770. The Morgan fingerprint density at radius 3 is 2.80 bits per heavy atom. The summed E-state index contributed by atoms with van der Waals surface area (Å²) < 4.78 is 5.92. The van der Waals surface area contributed by atoms with Gasteiger partial charge in [-0.1, -0.05) is 11.6 Å². The van der Waals surface area contributed by atoms with Crippen molar-refractivity contribution in [3.05, 3.63) is 28.1 Å². The van der Waals surface area contributed by atoms with Crippen LogP contribution in [0.25, 0.3) is 10.1 Å². The highest BCUT2D eigenvalue weighted by atomic mass is 35.5. The van der Waals surface area contributed by atoms with E-state index < -0.39 is 5.24 Å². The Labute approximate surface area is 100 Å². The number of rotatable bonds is 2. The van der Waals surface area contributed by atoms with Gasteiger partial charge >= 0.3 is 0 Å². The van der Waals surface area contributed by atoms with Crippen molar-refractivity contribution in [2.75, 3.05) is 7.11 Å². The van der Waals surface area contributed by atoms with Gasteiger partial charge in [-0.2, -0.15) is 0 Å². The van der Waals surface area contributed by atoms with E-state index in [4.69, 9.17) is 27.9 Å². The lowest BCUT2D eigenvalue weighted by atomic mass is 10.2. The molecule has 0 aliphatic rings. The molecular formula is C10H6Cl2O2S. The van der Waals surface area contributed by atoms with Gasteiger partial charge in [0.05, 0.1) is 27.8 Å². The van der Waals surface area contributed by atoms with E-state index in [-0.39, 0.29) is 0 Å². The topological polar surface area (TPSA) is 26.3 Å². The van der Waals surface area contributed by atoms with Gasteiger partial charge in [0.1, 0.15) is 5.75 Å². The number of carbonyl (C=O) groups is 1. The lowest BCUT2D eigenvalue weighted by molar-refractivity contribution is 0.108. The molecule has 0 unspecified atom stereocenters.